The lowest BCUT2D eigenvalue weighted by molar-refractivity contribution is 0.0950. The molecule has 6 nitrogen and oxygen atoms in total. The minimum Gasteiger partial charge on any atom is -0.349 e. The Morgan fingerprint density at radius 3 is 2.60 bits per heavy atom. The molecule has 4 rings (SSSR count). The van der Waals surface area contributed by atoms with E-state index in [4.69, 9.17) is 0 Å². The maximum Gasteiger partial charge on any atom is 0.251 e. The summed E-state index contributed by atoms with van der Waals surface area (Å²) >= 11 is 0. The number of rotatable bonds is 5. The van der Waals surface area contributed by atoms with Gasteiger partial charge in [-0.2, -0.15) is 0 Å². The van der Waals surface area contributed by atoms with Gasteiger partial charge >= 0.3 is 0 Å². The van der Waals surface area contributed by atoms with Crippen LogP contribution in [0.3, 0.4) is 0 Å². The second-order valence-electron chi connectivity index (χ2n) is 6.41. The van der Waals surface area contributed by atoms with Gasteiger partial charge < -0.3 is 5.32 Å². The third kappa shape index (κ3) is 3.42. The molecule has 1 amide bonds. The molecule has 126 valence electrons. The number of aryl methyl sites for hydroxylation is 1. The summed E-state index contributed by atoms with van der Waals surface area (Å²) in [5.41, 5.74) is 3.02. The number of hydrogen-bond acceptors (Lipinski definition) is 4. The van der Waals surface area contributed by atoms with E-state index in [1.54, 1.807) is 4.68 Å². The van der Waals surface area contributed by atoms with Crippen molar-refractivity contribution in [1.82, 2.24) is 25.5 Å². The van der Waals surface area contributed by atoms with E-state index >= 15 is 0 Å². The molecule has 1 aliphatic carbocycles. The summed E-state index contributed by atoms with van der Waals surface area (Å²) in [6.45, 7) is 2.46. The zero-order chi connectivity index (χ0) is 17.2. The highest BCUT2D eigenvalue weighted by molar-refractivity contribution is 5.94. The van der Waals surface area contributed by atoms with Gasteiger partial charge in [-0.15, -0.1) is 5.10 Å². The summed E-state index contributed by atoms with van der Waals surface area (Å²) < 4.78 is 1.73. The van der Waals surface area contributed by atoms with Crippen molar-refractivity contribution >= 4 is 5.91 Å². The van der Waals surface area contributed by atoms with Crippen molar-refractivity contribution in [2.24, 2.45) is 0 Å². The van der Waals surface area contributed by atoms with Crippen LogP contribution in [0.25, 0.3) is 0 Å². The van der Waals surface area contributed by atoms with E-state index in [0.29, 0.717) is 18.0 Å². The first-order valence-electron chi connectivity index (χ1n) is 8.38. The molecule has 2 aromatic carbocycles. The third-order valence-corrected chi connectivity index (χ3v) is 4.59. The molecule has 0 spiro atoms. The predicted octanol–water partition coefficient (Wildman–Crippen LogP) is 2.32. The number of nitrogens with zero attached hydrogens (tertiary/aromatic N) is 4. The highest BCUT2D eigenvalue weighted by Gasteiger charge is 2.39. The maximum atomic E-state index is 12.4. The first kappa shape index (κ1) is 15.5. The lowest BCUT2D eigenvalue weighted by Gasteiger charge is -2.07. The van der Waals surface area contributed by atoms with E-state index in [2.05, 4.69) is 33.0 Å². The molecule has 0 aliphatic heterocycles. The van der Waals surface area contributed by atoms with Gasteiger partial charge in [0.05, 0.1) is 6.54 Å². The first-order chi connectivity index (χ1) is 12.2. The lowest BCUT2D eigenvalue weighted by atomic mass is 10.1. The Balaban J connectivity index is 1.36. The van der Waals surface area contributed by atoms with E-state index in [0.717, 1.165) is 17.8 Å². The van der Waals surface area contributed by atoms with Crippen LogP contribution in [0.1, 0.15) is 39.6 Å². The number of tetrazole rings is 1. The van der Waals surface area contributed by atoms with Gasteiger partial charge in [-0.05, 0) is 47.0 Å². The summed E-state index contributed by atoms with van der Waals surface area (Å²) in [6.07, 6.45) is 1.01. The molecular formula is C19H19N5O. The standard InChI is InChI=1S/C19H19N5O/c1-13-21-22-23-24(13)12-14-7-9-16(10-8-14)19(25)20-18-11-17(18)15-5-3-2-4-6-15/h2-10,17-18H,11-12H2,1H3,(H,20,25)/t17-,18+/m0/s1. The van der Waals surface area contributed by atoms with E-state index in [1.165, 1.54) is 5.56 Å². The average molecular weight is 333 g/mol. The summed E-state index contributed by atoms with van der Waals surface area (Å²) in [7, 11) is 0. The van der Waals surface area contributed by atoms with Crippen molar-refractivity contribution < 1.29 is 4.79 Å². The van der Waals surface area contributed by atoms with Gasteiger partial charge in [0, 0.05) is 17.5 Å². The minimum atomic E-state index is -0.0198. The Hall–Kier alpha value is -3.02. The van der Waals surface area contributed by atoms with Crippen molar-refractivity contribution in [2.75, 3.05) is 0 Å². The first-order valence-corrected chi connectivity index (χ1v) is 8.38. The van der Waals surface area contributed by atoms with Gasteiger partial charge in [0.25, 0.3) is 5.91 Å². The largest absolute Gasteiger partial charge is 0.349 e. The fraction of sp³-hybridized carbons (Fsp3) is 0.263. The Kier molecular flexibility index (Phi) is 4.01. The molecule has 1 heterocycles. The zero-order valence-corrected chi connectivity index (χ0v) is 14.0. The second-order valence-corrected chi connectivity index (χ2v) is 6.41. The molecule has 0 radical (unpaired) electrons. The van der Waals surface area contributed by atoms with Gasteiger partial charge in [0.1, 0.15) is 5.82 Å². The molecule has 2 atom stereocenters. The number of carbonyl (C=O) groups is 1. The van der Waals surface area contributed by atoms with Gasteiger partial charge in [-0.25, -0.2) is 4.68 Å². The summed E-state index contributed by atoms with van der Waals surface area (Å²) in [4.78, 5) is 12.4. The van der Waals surface area contributed by atoms with Crippen molar-refractivity contribution in [3.63, 3.8) is 0 Å². The van der Waals surface area contributed by atoms with Crippen LogP contribution in [-0.4, -0.2) is 32.2 Å². The van der Waals surface area contributed by atoms with Crippen LogP contribution in [0.15, 0.2) is 54.6 Å². The Labute approximate surface area is 145 Å². The van der Waals surface area contributed by atoms with Crippen LogP contribution < -0.4 is 5.32 Å². The molecular weight excluding hydrogens is 314 g/mol. The summed E-state index contributed by atoms with van der Waals surface area (Å²) in [5, 5.41) is 14.5. The number of benzene rings is 2. The van der Waals surface area contributed by atoms with Crippen LogP contribution in [0, 0.1) is 6.92 Å². The second kappa shape index (κ2) is 6.47. The van der Waals surface area contributed by atoms with Crippen molar-refractivity contribution in [2.45, 2.75) is 31.8 Å². The zero-order valence-electron chi connectivity index (χ0n) is 14.0. The Bertz CT molecular complexity index is 872. The van der Waals surface area contributed by atoms with Crippen molar-refractivity contribution in [1.29, 1.82) is 0 Å². The molecule has 3 aromatic rings. The number of hydrogen-bond donors (Lipinski definition) is 1. The summed E-state index contributed by atoms with van der Waals surface area (Å²) in [5.74, 6) is 1.18. The fourth-order valence-corrected chi connectivity index (χ4v) is 3.00. The van der Waals surface area contributed by atoms with E-state index in [1.807, 2.05) is 49.4 Å². The predicted molar refractivity (Wildman–Crippen MR) is 93.2 cm³/mol. The smallest absolute Gasteiger partial charge is 0.251 e. The van der Waals surface area contributed by atoms with Gasteiger partial charge in [-0.1, -0.05) is 42.5 Å². The van der Waals surface area contributed by atoms with Crippen LogP contribution in [0.5, 0.6) is 0 Å². The molecule has 1 aromatic heterocycles. The fourth-order valence-electron chi connectivity index (χ4n) is 3.00. The molecule has 1 aliphatic rings. The molecule has 0 saturated heterocycles. The van der Waals surface area contributed by atoms with E-state index < -0.39 is 0 Å². The monoisotopic (exact) mass is 333 g/mol. The van der Waals surface area contributed by atoms with Gasteiger partial charge in [-0.3, -0.25) is 4.79 Å². The topological polar surface area (TPSA) is 72.7 Å². The van der Waals surface area contributed by atoms with Crippen LogP contribution in [0.2, 0.25) is 0 Å². The average Bonchev–Trinajstić information content (AvgIpc) is 3.30. The van der Waals surface area contributed by atoms with Crippen molar-refractivity contribution in [3.05, 3.63) is 77.1 Å². The SMILES string of the molecule is Cc1nnnn1Cc1ccc(C(=O)N[C@@H]2C[C@H]2c2ccccc2)cc1. The highest BCUT2D eigenvalue weighted by Crippen LogP contribution is 2.40. The molecule has 0 unspecified atom stereocenters. The Morgan fingerprint density at radius 2 is 1.92 bits per heavy atom. The number of carbonyl (C=O) groups excluding carboxylic acids is 1. The molecule has 1 saturated carbocycles. The maximum absolute atomic E-state index is 12.4. The van der Waals surface area contributed by atoms with Crippen LogP contribution in [0.4, 0.5) is 0 Å². The molecule has 1 fully saturated rings. The minimum absolute atomic E-state index is 0.0198. The van der Waals surface area contributed by atoms with E-state index in [-0.39, 0.29) is 11.9 Å². The van der Waals surface area contributed by atoms with Gasteiger partial charge in [0.2, 0.25) is 0 Å². The number of nitrogens with one attached hydrogen (secondary N) is 1. The number of amides is 1. The molecule has 0 bridgehead atoms. The summed E-state index contributed by atoms with van der Waals surface area (Å²) in [6, 6.07) is 18.1. The third-order valence-electron chi connectivity index (χ3n) is 4.59. The molecule has 6 heteroatoms. The van der Waals surface area contributed by atoms with Crippen LogP contribution in [-0.2, 0) is 6.54 Å². The number of aromatic nitrogens is 4. The van der Waals surface area contributed by atoms with Gasteiger partial charge in [0.15, 0.2) is 0 Å². The molecule has 1 N–H and O–H groups in total. The lowest BCUT2D eigenvalue weighted by Crippen LogP contribution is -2.26. The normalized spacial score (nSPS) is 18.8. The quantitative estimate of drug-likeness (QED) is 0.778. The molecule has 25 heavy (non-hydrogen) atoms. The Morgan fingerprint density at radius 1 is 1.16 bits per heavy atom. The van der Waals surface area contributed by atoms with Crippen LogP contribution >= 0.6 is 0 Å². The van der Waals surface area contributed by atoms with Crippen molar-refractivity contribution in [3.8, 4) is 0 Å². The highest BCUT2D eigenvalue weighted by atomic mass is 16.1. The van der Waals surface area contributed by atoms with E-state index in [9.17, 15) is 4.79 Å².